The highest BCUT2D eigenvalue weighted by Gasteiger charge is 2.34. The van der Waals surface area contributed by atoms with Crippen molar-refractivity contribution in [2.24, 2.45) is 0 Å². The molecule has 3 rings (SSSR count). The van der Waals surface area contributed by atoms with Gasteiger partial charge >= 0.3 is 0 Å². The molecule has 0 aromatic carbocycles. The maximum atomic E-state index is 5.79. The Morgan fingerprint density at radius 3 is 3.12 bits per heavy atom. The number of anilines is 1. The number of aromatic nitrogens is 1. The van der Waals surface area contributed by atoms with Gasteiger partial charge in [-0.2, -0.15) is 0 Å². The van der Waals surface area contributed by atoms with Gasteiger partial charge in [0.25, 0.3) is 0 Å². The Morgan fingerprint density at radius 2 is 2.29 bits per heavy atom. The zero-order valence-corrected chi connectivity index (χ0v) is 10.5. The number of hydrogen-bond donors (Lipinski definition) is 0. The summed E-state index contributed by atoms with van der Waals surface area (Å²) >= 11 is 0. The Morgan fingerprint density at radius 1 is 1.41 bits per heavy atom. The fourth-order valence-corrected chi connectivity index (χ4v) is 2.67. The molecule has 3 heterocycles. The van der Waals surface area contributed by atoms with E-state index < -0.39 is 0 Å². The molecule has 1 unspecified atom stereocenters. The topological polar surface area (TPSA) is 28.6 Å². The van der Waals surface area contributed by atoms with Crippen LogP contribution in [-0.2, 0) is 0 Å². The first-order chi connectivity index (χ1) is 8.25. The SMILES string of the molecule is CC(C)N1CCN2c3ncccc3OCC2C1. The Hall–Kier alpha value is -1.29. The Kier molecular flexibility index (Phi) is 2.67. The molecule has 0 spiro atoms. The van der Waals surface area contributed by atoms with Gasteiger partial charge in [-0.25, -0.2) is 4.98 Å². The van der Waals surface area contributed by atoms with Crippen molar-refractivity contribution in [3.63, 3.8) is 0 Å². The zero-order chi connectivity index (χ0) is 11.8. The number of fused-ring (bicyclic) bond motifs is 3. The number of hydrogen-bond acceptors (Lipinski definition) is 4. The van der Waals surface area contributed by atoms with Crippen molar-refractivity contribution in [2.75, 3.05) is 31.1 Å². The van der Waals surface area contributed by atoms with Crippen LogP contribution < -0.4 is 9.64 Å². The number of pyridine rings is 1. The third kappa shape index (κ3) is 1.86. The molecule has 4 nitrogen and oxygen atoms in total. The standard InChI is InChI=1S/C13H19N3O/c1-10(2)15-6-7-16-11(8-15)9-17-12-4-3-5-14-13(12)16/h3-5,10-11H,6-9H2,1-2H3. The zero-order valence-electron chi connectivity index (χ0n) is 10.5. The second-order valence-corrected chi connectivity index (χ2v) is 5.07. The summed E-state index contributed by atoms with van der Waals surface area (Å²) in [6.45, 7) is 8.53. The molecule has 0 bridgehead atoms. The summed E-state index contributed by atoms with van der Waals surface area (Å²) in [5.74, 6) is 1.95. The van der Waals surface area contributed by atoms with Crippen molar-refractivity contribution in [2.45, 2.75) is 25.9 Å². The van der Waals surface area contributed by atoms with Crippen molar-refractivity contribution in [3.8, 4) is 5.75 Å². The summed E-state index contributed by atoms with van der Waals surface area (Å²) in [4.78, 5) is 9.37. The van der Waals surface area contributed by atoms with Crippen molar-refractivity contribution in [1.82, 2.24) is 9.88 Å². The van der Waals surface area contributed by atoms with Crippen molar-refractivity contribution >= 4 is 5.82 Å². The molecule has 0 radical (unpaired) electrons. The molecule has 1 aromatic rings. The third-order valence-electron chi connectivity index (χ3n) is 3.70. The number of piperazine rings is 1. The third-order valence-corrected chi connectivity index (χ3v) is 3.70. The van der Waals surface area contributed by atoms with Gasteiger partial charge in [-0.15, -0.1) is 0 Å². The molecule has 4 heteroatoms. The van der Waals surface area contributed by atoms with E-state index in [0.717, 1.165) is 37.8 Å². The van der Waals surface area contributed by atoms with E-state index in [0.29, 0.717) is 12.1 Å². The van der Waals surface area contributed by atoms with Crippen LogP contribution in [0.5, 0.6) is 5.75 Å². The molecular weight excluding hydrogens is 214 g/mol. The van der Waals surface area contributed by atoms with Crippen LogP contribution in [0.3, 0.4) is 0 Å². The highest BCUT2D eigenvalue weighted by Crippen LogP contribution is 2.32. The van der Waals surface area contributed by atoms with E-state index in [9.17, 15) is 0 Å². The molecule has 0 aliphatic carbocycles. The second-order valence-electron chi connectivity index (χ2n) is 5.07. The van der Waals surface area contributed by atoms with E-state index in [2.05, 4.69) is 28.6 Å². The van der Waals surface area contributed by atoms with Crippen LogP contribution in [0, 0.1) is 0 Å². The van der Waals surface area contributed by atoms with E-state index in [1.807, 2.05) is 18.3 Å². The summed E-state index contributed by atoms with van der Waals surface area (Å²) < 4.78 is 5.79. The predicted octanol–water partition coefficient (Wildman–Crippen LogP) is 1.37. The monoisotopic (exact) mass is 233 g/mol. The molecule has 17 heavy (non-hydrogen) atoms. The normalized spacial score (nSPS) is 24.2. The van der Waals surface area contributed by atoms with Crippen molar-refractivity contribution < 1.29 is 4.74 Å². The fourth-order valence-electron chi connectivity index (χ4n) is 2.67. The van der Waals surface area contributed by atoms with Gasteiger partial charge in [0.1, 0.15) is 6.61 Å². The Balaban J connectivity index is 1.83. The quantitative estimate of drug-likeness (QED) is 0.732. The number of ether oxygens (including phenoxy) is 1. The van der Waals surface area contributed by atoms with E-state index in [4.69, 9.17) is 4.74 Å². The van der Waals surface area contributed by atoms with Gasteiger partial charge < -0.3 is 9.64 Å². The maximum Gasteiger partial charge on any atom is 0.171 e. The van der Waals surface area contributed by atoms with Gasteiger partial charge in [-0.05, 0) is 26.0 Å². The number of nitrogens with zero attached hydrogens (tertiary/aromatic N) is 3. The van der Waals surface area contributed by atoms with E-state index >= 15 is 0 Å². The van der Waals surface area contributed by atoms with Gasteiger partial charge in [0.15, 0.2) is 11.6 Å². The molecule has 0 saturated carbocycles. The largest absolute Gasteiger partial charge is 0.488 e. The van der Waals surface area contributed by atoms with Gasteiger partial charge in [0.05, 0.1) is 6.04 Å². The first kappa shape index (κ1) is 10.8. The molecule has 1 fully saturated rings. The minimum Gasteiger partial charge on any atom is -0.488 e. The number of rotatable bonds is 1. The lowest BCUT2D eigenvalue weighted by Crippen LogP contribution is -2.58. The molecule has 0 N–H and O–H groups in total. The van der Waals surface area contributed by atoms with E-state index in [1.54, 1.807) is 0 Å². The van der Waals surface area contributed by atoms with Gasteiger partial charge in [-0.3, -0.25) is 4.90 Å². The predicted molar refractivity (Wildman–Crippen MR) is 67.6 cm³/mol. The molecule has 1 atom stereocenters. The molecule has 92 valence electrons. The van der Waals surface area contributed by atoms with Crippen LogP contribution in [0.15, 0.2) is 18.3 Å². The maximum absolute atomic E-state index is 5.79. The van der Waals surface area contributed by atoms with Gasteiger partial charge in [-0.1, -0.05) is 0 Å². The molecular formula is C13H19N3O. The first-order valence-electron chi connectivity index (χ1n) is 6.34. The molecule has 2 aliphatic rings. The average molecular weight is 233 g/mol. The molecule has 0 amide bonds. The lowest BCUT2D eigenvalue weighted by Gasteiger charge is -2.45. The Labute approximate surface area is 102 Å². The Bertz CT molecular complexity index is 407. The van der Waals surface area contributed by atoms with Crippen LogP contribution in [0.2, 0.25) is 0 Å². The summed E-state index contributed by atoms with van der Waals surface area (Å²) in [6, 6.07) is 5.01. The minimum atomic E-state index is 0.452. The lowest BCUT2D eigenvalue weighted by atomic mass is 10.1. The van der Waals surface area contributed by atoms with Gasteiger partial charge in [0, 0.05) is 31.9 Å². The summed E-state index contributed by atoms with van der Waals surface area (Å²) in [6.07, 6.45) is 1.85. The fraction of sp³-hybridized carbons (Fsp3) is 0.615. The smallest absolute Gasteiger partial charge is 0.171 e. The summed E-state index contributed by atoms with van der Waals surface area (Å²) in [5, 5.41) is 0. The van der Waals surface area contributed by atoms with Crippen LogP contribution in [-0.4, -0.2) is 48.2 Å². The van der Waals surface area contributed by atoms with E-state index in [1.165, 1.54) is 0 Å². The highest BCUT2D eigenvalue weighted by molar-refractivity contribution is 5.55. The minimum absolute atomic E-state index is 0.452. The lowest BCUT2D eigenvalue weighted by molar-refractivity contribution is 0.140. The summed E-state index contributed by atoms with van der Waals surface area (Å²) in [5.41, 5.74) is 0. The average Bonchev–Trinajstić information content (AvgIpc) is 2.38. The molecule has 1 saturated heterocycles. The van der Waals surface area contributed by atoms with Crippen molar-refractivity contribution in [1.29, 1.82) is 0 Å². The molecule has 2 aliphatic heterocycles. The highest BCUT2D eigenvalue weighted by atomic mass is 16.5. The first-order valence-corrected chi connectivity index (χ1v) is 6.34. The molecule has 1 aromatic heterocycles. The van der Waals surface area contributed by atoms with Crippen LogP contribution in [0.25, 0.3) is 0 Å². The van der Waals surface area contributed by atoms with Crippen LogP contribution >= 0.6 is 0 Å². The van der Waals surface area contributed by atoms with Crippen LogP contribution in [0.1, 0.15) is 13.8 Å². The van der Waals surface area contributed by atoms with Crippen LogP contribution in [0.4, 0.5) is 5.82 Å². The van der Waals surface area contributed by atoms with E-state index in [-0.39, 0.29) is 0 Å². The summed E-state index contributed by atoms with van der Waals surface area (Å²) in [7, 11) is 0. The second kappa shape index (κ2) is 4.18. The van der Waals surface area contributed by atoms with Gasteiger partial charge in [0.2, 0.25) is 0 Å². The van der Waals surface area contributed by atoms with Crippen molar-refractivity contribution in [3.05, 3.63) is 18.3 Å².